The molecule has 0 unspecified atom stereocenters. The summed E-state index contributed by atoms with van der Waals surface area (Å²) in [6, 6.07) is 38.4. The first-order valence-electron chi connectivity index (χ1n) is 13.1. The molecule has 0 atom stereocenters. The number of hydrogen-bond acceptors (Lipinski definition) is 3. The van der Waals surface area contributed by atoms with E-state index in [1.807, 2.05) is 29.5 Å². The van der Waals surface area contributed by atoms with Crippen molar-refractivity contribution >= 4 is 42.4 Å². The van der Waals surface area contributed by atoms with E-state index in [1.165, 1.54) is 36.7 Å². The second-order valence-corrected chi connectivity index (χ2v) is 11.1. The molecule has 0 saturated heterocycles. The van der Waals surface area contributed by atoms with Crippen molar-refractivity contribution in [3.05, 3.63) is 132 Å². The number of nitrogens with zero attached hydrogens (tertiary/aromatic N) is 2. The molecule has 0 bridgehead atoms. The van der Waals surface area contributed by atoms with Gasteiger partial charge in [-0.3, -0.25) is 4.98 Å². The second kappa shape index (κ2) is 11.8. The third-order valence-corrected chi connectivity index (χ3v) is 7.89. The van der Waals surface area contributed by atoms with Crippen molar-refractivity contribution in [1.29, 1.82) is 0 Å². The Balaban J connectivity index is 0.000000184. The topological polar surface area (TPSA) is 25.8 Å². The minimum Gasteiger partial charge on any atom is -0.305 e. The molecule has 7 rings (SSSR count). The second-order valence-electron chi connectivity index (χ2n) is 10.0. The molecule has 0 spiro atoms. The zero-order valence-corrected chi connectivity index (χ0v) is 26.1. The van der Waals surface area contributed by atoms with Gasteiger partial charge >= 0.3 is 0 Å². The standard InChI is InChI=1S/C23H16NS.C13H12N.Ir/c1-14-11-15(2)13-16(12-14)22-23-21(17-7-3-5-9-19(17)24-22)18-8-4-6-10-20(18)25-23;1-10-7-11(2)9-12(8-10)13-5-3-4-6-14-13;/h3-12H,1-2H3;3-8H,1-2H3;/q2*-1;. The van der Waals surface area contributed by atoms with E-state index in [4.69, 9.17) is 4.98 Å². The van der Waals surface area contributed by atoms with Gasteiger partial charge in [0.1, 0.15) is 0 Å². The van der Waals surface area contributed by atoms with Gasteiger partial charge in [0, 0.05) is 57.6 Å². The third kappa shape index (κ3) is 5.62. The first-order valence-corrected chi connectivity index (χ1v) is 13.9. The first-order chi connectivity index (χ1) is 19.0. The molecule has 2 nitrogen and oxygen atoms in total. The minimum atomic E-state index is 0. The summed E-state index contributed by atoms with van der Waals surface area (Å²) < 4.78 is 2.56. The van der Waals surface area contributed by atoms with Gasteiger partial charge in [0.25, 0.3) is 0 Å². The molecule has 0 amide bonds. The van der Waals surface area contributed by atoms with Gasteiger partial charge in [-0.2, -0.15) is 0 Å². The molecule has 0 N–H and O–H groups in total. The van der Waals surface area contributed by atoms with Crippen LogP contribution in [0.25, 0.3) is 53.6 Å². The largest absolute Gasteiger partial charge is 0.305 e. The zero-order chi connectivity index (χ0) is 26.9. The van der Waals surface area contributed by atoms with Gasteiger partial charge in [0.15, 0.2) is 0 Å². The summed E-state index contributed by atoms with van der Waals surface area (Å²) in [5.41, 5.74) is 10.0. The van der Waals surface area contributed by atoms with E-state index < -0.39 is 0 Å². The molecule has 0 saturated carbocycles. The summed E-state index contributed by atoms with van der Waals surface area (Å²) in [7, 11) is 0. The van der Waals surface area contributed by atoms with E-state index in [-0.39, 0.29) is 20.1 Å². The predicted molar refractivity (Wildman–Crippen MR) is 166 cm³/mol. The van der Waals surface area contributed by atoms with E-state index in [1.54, 1.807) is 6.20 Å². The van der Waals surface area contributed by atoms with Crippen LogP contribution in [0.2, 0.25) is 0 Å². The smallest absolute Gasteiger partial charge is 0.0602 e. The molecule has 0 aliphatic rings. The van der Waals surface area contributed by atoms with Gasteiger partial charge in [-0.05, 0) is 23.9 Å². The maximum atomic E-state index is 5.03. The van der Waals surface area contributed by atoms with Crippen molar-refractivity contribution in [3.63, 3.8) is 0 Å². The van der Waals surface area contributed by atoms with Crippen LogP contribution in [-0.2, 0) is 20.1 Å². The van der Waals surface area contributed by atoms with Crippen molar-refractivity contribution in [2.75, 3.05) is 0 Å². The van der Waals surface area contributed by atoms with Crippen LogP contribution in [-0.4, -0.2) is 9.97 Å². The summed E-state index contributed by atoms with van der Waals surface area (Å²) >= 11 is 1.83. The quantitative estimate of drug-likeness (QED) is 0.167. The van der Waals surface area contributed by atoms with E-state index >= 15 is 0 Å². The number of para-hydroxylation sites is 1. The van der Waals surface area contributed by atoms with Crippen LogP contribution in [0.5, 0.6) is 0 Å². The summed E-state index contributed by atoms with van der Waals surface area (Å²) in [5, 5.41) is 3.85. The number of aromatic nitrogens is 2. The number of hydrogen-bond donors (Lipinski definition) is 0. The summed E-state index contributed by atoms with van der Waals surface area (Å²) in [6.45, 7) is 8.37. The average molecular weight is 713 g/mol. The van der Waals surface area contributed by atoms with E-state index in [0.29, 0.717) is 0 Å². The van der Waals surface area contributed by atoms with Crippen molar-refractivity contribution in [2.24, 2.45) is 0 Å². The predicted octanol–water partition coefficient (Wildman–Crippen LogP) is 9.85. The van der Waals surface area contributed by atoms with Crippen LogP contribution in [0.4, 0.5) is 0 Å². The zero-order valence-electron chi connectivity index (χ0n) is 22.9. The molecular formula is C36H28IrN2S-2. The minimum absolute atomic E-state index is 0. The average Bonchev–Trinajstić information content (AvgIpc) is 3.32. The normalized spacial score (nSPS) is 10.8. The van der Waals surface area contributed by atoms with Crippen LogP contribution in [0, 0.1) is 39.8 Å². The molecule has 0 aliphatic heterocycles. The third-order valence-electron chi connectivity index (χ3n) is 6.71. The molecule has 3 heterocycles. The molecular weight excluding hydrogens is 685 g/mol. The Morgan fingerprint density at radius 1 is 0.650 bits per heavy atom. The van der Waals surface area contributed by atoms with Gasteiger partial charge in [-0.25, -0.2) is 0 Å². The number of rotatable bonds is 2. The molecule has 199 valence electrons. The number of aryl methyl sites for hydroxylation is 4. The summed E-state index contributed by atoms with van der Waals surface area (Å²) in [5.74, 6) is 0. The van der Waals surface area contributed by atoms with Gasteiger partial charge in [0.05, 0.1) is 5.52 Å². The van der Waals surface area contributed by atoms with Gasteiger partial charge in [-0.15, -0.1) is 81.1 Å². The molecule has 1 radical (unpaired) electrons. The monoisotopic (exact) mass is 713 g/mol. The maximum Gasteiger partial charge on any atom is 0.0602 e. The maximum absolute atomic E-state index is 5.03. The molecule has 4 heteroatoms. The van der Waals surface area contributed by atoms with Crippen molar-refractivity contribution in [1.82, 2.24) is 9.97 Å². The fraction of sp³-hybridized carbons (Fsp3) is 0.111. The SMILES string of the molecule is Cc1[c-]c(-c2ccccn2)cc(C)c1.Cc1[c-]c(-c2nc3ccccc3c3c2sc2ccccc23)cc(C)c1.[Ir]. The number of benzene rings is 4. The molecule has 3 aromatic heterocycles. The Morgan fingerprint density at radius 3 is 1.98 bits per heavy atom. The Morgan fingerprint density at radius 2 is 1.27 bits per heavy atom. The van der Waals surface area contributed by atoms with Gasteiger partial charge in [-0.1, -0.05) is 76.2 Å². The molecule has 40 heavy (non-hydrogen) atoms. The van der Waals surface area contributed by atoms with E-state index in [9.17, 15) is 0 Å². The van der Waals surface area contributed by atoms with Crippen LogP contribution in [0.15, 0.2) is 97.2 Å². The van der Waals surface area contributed by atoms with Crippen LogP contribution < -0.4 is 0 Å². The molecule has 4 aromatic carbocycles. The Hall–Kier alpha value is -3.69. The fourth-order valence-corrected chi connectivity index (χ4v) is 6.42. The molecule has 7 aromatic rings. The van der Waals surface area contributed by atoms with Crippen LogP contribution >= 0.6 is 11.3 Å². The van der Waals surface area contributed by atoms with Crippen LogP contribution in [0.3, 0.4) is 0 Å². The van der Waals surface area contributed by atoms with Crippen molar-refractivity contribution in [3.8, 4) is 22.5 Å². The number of pyridine rings is 2. The van der Waals surface area contributed by atoms with E-state index in [2.05, 4.69) is 118 Å². The molecule has 0 fully saturated rings. The Labute approximate surface area is 253 Å². The number of fused-ring (bicyclic) bond motifs is 5. The van der Waals surface area contributed by atoms with E-state index in [0.717, 1.165) is 39.2 Å². The number of thiophene rings is 1. The first kappa shape index (κ1) is 27.9. The molecule has 0 aliphatic carbocycles. The van der Waals surface area contributed by atoms with Crippen molar-refractivity contribution in [2.45, 2.75) is 27.7 Å². The van der Waals surface area contributed by atoms with Gasteiger partial charge < -0.3 is 4.98 Å². The van der Waals surface area contributed by atoms with Crippen molar-refractivity contribution < 1.29 is 20.1 Å². The summed E-state index contributed by atoms with van der Waals surface area (Å²) in [6.07, 6.45) is 1.81. The Kier molecular flexibility index (Phi) is 8.23. The fourth-order valence-electron chi connectivity index (χ4n) is 5.19. The van der Waals surface area contributed by atoms with Gasteiger partial charge in [0.2, 0.25) is 0 Å². The summed E-state index contributed by atoms with van der Waals surface area (Å²) in [4.78, 5) is 9.33. The van der Waals surface area contributed by atoms with Crippen LogP contribution in [0.1, 0.15) is 22.3 Å². The Bertz CT molecular complexity index is 1920.